The van der Waals surface area contributed by atoms with Crippen LogP contribution in [0.1, 0.15) is 26.2 Å². The molecule has 4 atom stereocenters. The number of rotatable bonds is 3. The molecule has 0 amide bonds. The molecule has 2 bridgehead atoms. The van der Waals surface area contributed by atoms with Gasteiger partial charge in [-0.3, -0.25) is 4.79 Å². The third-order valence-corrected chi connectivity index (χ3v) is 3.82. The highest BCUT2D eigenvalue weighted by molar-refractivity contribution is 5.65. The van der Waals surface area contributed by atoms with Gasteiger partial charge in [-0.2, -0.15) is 0 Å². The smallest absolute Gasteiger partial charge is 0.302 e. The van der Waals surface area contributed by atoms with Crippen LogP contribution in [0.2, 0.25) is 0 Å². The zero-order chi connectivity index (χ0) is 10.1. The van der Waals surface area contributed by atoms with Crippen molar-refractivity contribution >= 4 is 5.97 Å². The van der Waals surface area contributed by atoms with Crippen LogP contribution in [0.4, 0.5) is 0 Å². The molecule has 0 aromatic rings. The summed E-state index contributed by atoms with van der Waals surface area (Å²) in [6, 6.07) is 0. The highest BCUT2D eigenvalue weighted by atomic mass is 16.5. The van der Waals surface area contributed by atoms with Crippen LogP contribution in [0.15, 0.2) is 0 Å². The van der Waals surface area contributed by atoms with Crippen LogP contribution in [0.5, 0.6) is 0 Å². The molecule has 0 saturated heterocycles. The van der Waals surface area contributed by atoms with E-state index in [4.69, 9.17) is 9.47 Å². The van der Waals surface area contributed by atoms with Gasteiger partial charge in [0.15, 0.2) is 0 Å². The van der Waals surface area contributed by atoms with Gasteiger partial charge in [0.25, 0.3) is 0 Å². The second-order valence-corrected chi connectivity index (χ2v) is 4.48. The molecule has 0 aromatic carbocycles. The number of methoxy groups -OCH3 is 1. The van der Waals surface area contributed by atoms with Crippen LogP contribution in [0.3, 0.4) is 0 Å². The maximum atomic E-state index is 10.7. The number of hydrogen-bond donors (Lipinski definition) is 0. The Morgan fingerprint density at radius 2 is 2.21 bits per heavy atom. The molecule has 0 aliphatic heterocycles. The number of ether oxygens (including phenoxy) is 2. The zero-order valence-electron chi connectivity index (χ0n) is 8.86. The van der Waals surface area contributed by atoms with Crippen LogP contribution >= 0.6 is 0 Å². The Labute approximate surface area is 84.8 Å². The monoisotopic (exact) mass is 198 g/mol. The minimum Gasteiger partial charge on any atom is -0.466 e. The predicted molar refractivity (Wildman–Crippen MR) is 51.8 cm³/mol. The lowest BCUT2D eigenvalue weighted by atomic mass is 9.97. The SMILES string of the molecule is CO[C@@H]1C[C@H]2CC[C@@H]1[C@H]2COC(C)=O. The lowest BCUT2D eigenvalue weighted by molar-refractivity contribution is -0.142. The number of esters is 1. The topological polar surface area (TPSA) is 35.5 Å². The number of carbonyl (C=O) groups excluding carboxylic acids is 1. The number of hydrogen-bond acceptors (Lipinski definition) is 3. The van der Waals surface area contributed by atoms with Crippen molar-refractivity contribution in [2.45, 2.75) is 32.3 Å². The van der Waals surface area contributed by atoms with Crippen molar-refractivity contribution in [1.29, 1.82) is 0 Å². The Morgan fingerprint density at radius 3 is 2.79 bits per heavy atom. The van der Waals surface area contributed by atoms with Crippen molar-refractivity contribution < 1.29 is 14.3 Å². The normalized spacial score (nSPS) is 40.1. The van der Waals surface area contributed by atoms with Crippen molar-refractivity contribution in [1.82, 2.24) is 0 Å². The summed E-state index contributed by atoms with van der Waals surface area (Å²) in [7, 11) is 1.79. The van der Waals surface area contributed by atoms with E-state index in [0.29, 0.717) is 24.5 Å². The van der Waals surface area contributed by atoms with Gasteiger partial charge in [-0.25, -0.2) is 0 Å². The zero-order valence-corrected chi connectivity index (χ0v) is 8.86. The summed E-state index contributed by atoms with van der Waals surface area (Å²) >= 11 is 0. The highest BCUT2D eigenvalue weighted by Crippen LogP contribution is 2.50. The van der Waals surface area contributed by atoms with E-state index in [0.717, 1.165) is 12.3 Å². The molecule has 3 heteroatoms. The highest BCUT2D eigenvalue weighted by Gasteiger charge is 2.48. The van der Waals surface area contributed by atoms with Gasteiger partial charge in [0.2, 0.25) is 0 Å². The molecule has 2 rings (SSSR count). The Balaban J connectivity index is 1.91. The van der Waals surface area contributed by atoms with E-state index in [1.807, 2.05) is 0 Å². The standard InChI is InChI=1S/C11H18O3/c1-7(12)14-6-10-8-3-4-9(10)11(5-8)13-2/h8-11H,3-6H2,1-2H3/t8-,9-,10+,11-/m1/s1. The summed E-state index contributed by atoms with van der Waals surface area (Å²) in [6.45, 7) is 2.08. The molecular formula is C11H18O3. The average molecular weight is 198 g/mol. The van der Waals surface area contributed by atoms with Crippen molar-refractivity contribution in [3.63, 3.8) is 0 Å². The summed E-state index contributed by atoms with van der Waals surface area (Å²) in [4.78, 5) is 10.7. The molecule has 0 aromatic heterocycles. The van der Waals surface area contributed by atoms with Gasteiger partial charge in [-0.1, -0.05) is 0 Å². The van der Waals surface area contributed by atoms with Crippen LogP contribution < -0.4 is 0 Å². The Hall–Kier alpha value is -0.570. The van der Waals surface area contributed by atoms with Gasteiger partial charge in [0.1, 0.15) is 0 Å². The first-order chi connectivity index (χ1) is 6.72. The minimum absolute atomic E-state index is 0.162. The number of fused-ring (bicyclic) bond motifs is 2. The van der Waals surface area contributed by atoms with Crippen LogP contribution in [-0.4, -0.2) is 25.8 Å². The Morgan fingerprint density at radius 1 is 1.43 bits per heavy atom. The summed E-state index contributed by atoms with van der Waals surface area (Å²) in [5, 5.41) is 0. The van der Waals surface area contributed by atoms with Gasteiger partial charge in [0, 0.05) is 20.0 Å². The van der Waals surface area contributed by atoms with E-state index in [1.54, 1.807) is 7.11 Å². The average Bonchev–Trinajstić information content (AvgIpc) is 2.70. The molecule has 3 nitrogen and oxygen atoms in total. The molecule has 14 heavy (non-hydrogen) atoms. The molecule has 2 aliphatic rings. The first-order valence-corrected chi connectivity index (χ1v) is 5.38. The van der Waals surface area contributed by atoms with Crippen molar-refractivity contribution in [2.24, 2.45) is 17.8 Å². The van der Waals surface area contributed by atoms with Crippen LogP contribution in [0, 0.1) is 17.8 Å². The van der Waals surface area contributed by atoms with Gasteiger partial charge < -0.3 is 9.47 Å². The summed E-state index contributed by atoms with van der Waals surface area (Å²) < 4.78 is 10.5. The number of carbonyl (C=O) groups is 1. The first kappa shape index (κ1) is 9.97. The maximum Gasteiger partial charge on any atom is 0.302 e. The third-order valence-electron chi connectivity index (χ3n) is 3.82. The van der Waals surface area contributed by atoms with Crippen LogP contribution in [-0.2, 0) is 14.3 Å². The summed E-state index contributed by atoms with van der Waals surface area (Å²) in [5.74, 6) is 1.75. The fraction of sp³-hybridized carbons (Fsp3) is 0.909. The van der Waals surface area contributed by atoms with E-state index >= 15 is 0 Å². The lowest BCUT2D eigenvalue weighted by Crippen LogP contribution is -2.22. The molecule has 0 spiro atoms. The van der Waals surface area contributed by atoms with E-state index in [2.05, 4.69) is 0 Å². The largest absolute Gasteiger partial charge is 0.466 e. The summed E-state index contributed by atoms with van der Waals surface area (Å²) in [5.41, 5.74) is 0. The van der Waals surface area contributed by atoms with E-state index in [1.165, 1.54) is 19.8 Å². The van der Waals surface area contributed by atoms with Crippen molar-refractivity contribution in [3.05, 3.63) is 0 Å². The predicted octanol–water partition coefficient (Wildman–Crippen LogP) is 1.61. The fourth-order valence-electron chi connectivity index (χ4n) is 3.16. The van der Waals surface area contributed by atoms with Gasteiger partial charge in [0.05, 0.1) is 12.7 Å². The summed E-state index contributed by atoms with van der Waals surface area (Å²) in [6.07, 6.45) is 4.10. The van der Waals surface area contributed by atoms with E-state index < -0.39 is 0 Å². The van der Waals surface area contributed by atoms with E-state index in [9.17, 15) is 4.79 Å². The quantitative estimate of drug-likeness (QED) is 0.646. The third kappa shape index (κ3) is 1.65. The van der Waals surface area contributed by atoms with Crippen LogP contribution in [0.25, 0.3) is 0 Å². The molecule has 2 fully saturated rings. The van der Waals surface area contributed by atoms with Gasteiger partial charge >= 0.3 is 5.97 Å². The van der Waals surface area contributed by atoms with Gasteiger partial charge in [-0.05, 0) is 31.1 Å². The Bertz CT molecular complexity index is 227. The van der Waals surface area contributed by atoms with Gasteiger partial charge in [-0.15, -0.1) is 0 Å². The fourth-order valence-corrected chi connectivity index (χ4v) is 3.16. The molecule has 2 aliphatic carbocycles. The molecule has 0 N–H and O–H groups in total. The Kier molecular flexibility index (Phi) is 2.77. The molecule has 80 valence electrons. The molecular weight excluding hydrogens is 180 g/mol. The molecule has 0 heterocycles. The second kappa shape index (κ2) is 3.89. The first-order valence-electron chi connectivity index (χ1n) is 5.38. The lowest BCUT2D eigenvalue weighted by Gasteiger charge is -2.20. The molecule has 2 saturated carbocycles. The van der Waals surface area contributed by atoms with Crippen molar-refractivity contribution in [3.8, 4) is 0 Å². The minimum atomic E-state index is -0.162. The van der Waals surface area contributed by atoms with E-state index in [-0.39, 0.29) is 5.97 Å². The second-order valence-electron chi connectivity index (χ2n) is 4.48. The molecule has 0 radical (unpaired) electrons. The maximum absolute atomic E-state index is 10.7. The van der Waals surface area contributed by atoms with Crippen molar-refractivity contribution in [2.75, 3.05) is 13.7 Å². The molecule has 0 unspecified atom stereocenters.